The van der Waals surface area contributed by atoms with E-state index in [-0.39, 0.29) is 6.04 Å². The minimum atomic E-state index is -0.409. The molecule has 4 atom stereocenters. The van der Waals surface area contributed by atoms with E-state index in [4.69, 9.17) is 15.2 Å². The van der Waals surface area contributed by atoms with Gasteiger partial charge in [-0.15, -0.1) is 0 Å². The number of halogens is 1. The van der Waals surface area contributed by atoms with Crippen molar-refractivity contribution in [1.29, 1.82) is 0 Å². The molecule has 0 fully saturated rings. The number of anilines is 1. The summed E-state index contributed by atoms with van der Waals surface area (Å²) in [5.41, 5.74) is 10.6. The van der Waals surface area contributed by atoms with E-state index in [1.165, 1.54) is 16.8 Å². The van der Waals surface area contributed by atoms with Crippen molar-refractivity contribution in [2.75, 3.05) is 11.9 Å². The van der Waals surface area contributed by atoms with Crippen molar-refractivity contribution >= 4 is 21.6 Å². The second-order valence-corrected chi connectivity index (χ2v) is 8.42. The summed E-state index contributed by atoms with van der Waals surface area (Å²) in [4.78, 5) is 0. The Kier molecular flexibility index (Phi) is 4.65. The number of ether oxygens (including phenoxy) is 2. The van der Waals surface area contributed by atoms with E-state index < -0.39 is 6.29 Å². The van der Waals surface area contributed by atoms with Crippen LogP contribution in [0.5, 0.6) is 0 Å². The number of hydrogen-bond acceptors (Lipinski definition) is 4. The molecule has 0 saturated carbocycles. The van der Waals surface area contributed by atoms with Gasteiger partial charge in [0.25, 0.3) is 6.29 Å². The lowest BCUT2D eigenvalue weighted by Crippen LogP contribution is -2.37. The Hall–Kier alpha value is -2.24. The highest BCUT2D eigenvalue weighted by molar-refractivity contribution is 9.10. The quantitative estimate of drug-likeness (QED) is 0.659. The molecule has 3 N–H and O–H groups in total. The van der Waals surface area contributed by atoms with Crippen LogP contribution in [0.4, 0.5) is 5.69 Å². The van der Waals surface area contributed by atoms with Crippen molar-refractivity contribution in [1.82, 2.24) is 0 Å². The van der Waals surface area contributed by atoms with Gasteiger partial charge in [0.2, 0.25) is 0 Å². The van der Waals surface area contributed by atoms with Gasteiger partial charge in [0.15, 0.2) is 5.76 Å². The highest BCUT2D eigenvalue weighted by atomic mass is 79.9. The van der Waals surface area contributed by atoms with E-state index in [0.29, 0.717) is 18.4 Å². The molecule has 5 heteroatoms. The van der Waals surface area contributed by atoms with E-state index >= 15 is 0 Å². The molecule has 1 aliphatic carbocycles. The number of rotatable bonds is 4. The number of fused-ring (bicyclic) bond motifs is 3. The lowest BCUT2D eigenvalue weighted by atomic mass is 9.78. The fourth-order valence-corrected chi connectivity index (χ4v) is 4.98. The maximum absolute atomic E-state index is 6.26. The largest absolute Gasteiger partial charge is 0.455 e. The van der Waals surface area contributed by atoms with Crippen LogP contribution in [0.15, 0.2) is 71.1 Å². The molecule has 2 aliphatic heterocycles. The Labute approximate surface area is 173 Å². The van der Waals surface area contributed by atoms with Gasteiger partial charge >= 0.3 is 0 Å². The predicted molar refractivity (Wildman–Crippen MR) is 114 cm³/mol. The van der Waals surface area contributed by atoms with Crippen LogP contribution in [0.2, 0.25) is 0 Å². The fourth-order valence-electron chi connectivity index (χ4n) is 4.51. The topological polar surface area (TPSA) is 56.5 Å². The van der Waals surface area contributed by atoms with Gasteiger partial charge in [-0.25, -0.2) is 0 Å². The third-order valence-corrected chi connectivity index (χ3v) is 6.60. The van der Waals surface area contributed by atoms with E-state index in [0.717, 1.165) is 28.6 Å². The summed E-state index contributed by atoms with van der Waals surface area (Å²) in [6.45, 7) is 0.674. The zero-order valence-corrected chi connectivity index (χ0v) is 17.1. The first kappa shape index (κ1) is 17.8. The average molecular weight is 439 g/mol. The molecule has 3 aliphatic rings. The molecule has 0 amide bonds. The standard InChI is InChI=1S/C23H23BrN2O2/c24-19-7-2-1-4-17(19)23-27-13-21(28-23)22-16-6-3-5-15(16)18-12-14(10-11-25)8-9-20(18)26-22/h1-5,7-9,12-13,15-16,22-23,26H,6,10-11,25H2. The Morgan fingerprint density at radius 3 is 2.89 bits per heavy atom. The first-order chi connectivity index (χ1) is 13.7. The molecule has 2 aromatic carbocycles. The van der Waals surface area contributed by atoms with Crippen LogP contribution in [0.25, 0.3) is 0 Å². The van der Waals surface area contributed by atoms with E-state index in [9.17, 15) is 0 Å². The van der Waals surface area contributed by atoms with Crippen molar-refractivity contribution in [2.24, 2.45) is 11.7 Å². The molecule has 4 nitrogen and oxygen atoms in total. The lowest BCUT2D eigenvalue weighted by Gasteiger charge is -2.37. The molecule has 28 heavy (non-hydrogen) atoms. The van der Waals surface area contributed by atoms with Crippen LogP contribution in [0, 0.1) is 5.92 Å². The molecule has 2 aromatic rings. The van der Waals surface area contributed by atoms with Gasteiger partial charge in [-0.05, 0) is 42.6 Å². The van der Waals surface area contributed by atoms with Gasteiger partial charge in [0, 0.05) is 27.6 Å². The van der Waals surface area contributed by atoms with Crippen molar-refractivity contribution in [2.45, 2.75) is 31.1 Å². The van der Waals surface area contributed by atoms with Crippen LogP contribution < -0.4 is 11.1 Å². The number of nitrogens with one attached hydrogen (secondary N) is 1. The second-order valence-electron chi connectivity index (χ2n) is 7.56. The van der Waals surface area contributed by atoms with Gasteiger partial charge in [-0.2, -0.15) is 0 Å². The van der Waals surface area contributed by atoms with Crippen molar-refractivity contribution in [3.8, 4) is 0 Å². The van der Waals surface area contributed by atoms with Crippen molar-refractivity contribution < 1.29 is 9.47 Å². The zero-order chi connectivity index (χ0) is 19.1. The summed E-state index contributed by atoms with van der Waals surface area (Å²) >= 11 is 3.59. The number of allylic oxidation sites excluding steroid dienone is 2. The molecule has 0 bridgehead atoms. The average Bonchev–Trinajstić information content (AvgIpc) is 3.38. The molecule has 4 unspecified atom stereocenters. The molecule has 0 saturated heterocycles. The van der Waals surface area contributed by atoms with Crippen molar-refractivity contribution in [3.63, 3.8) is 0 Å². The number of nitrogens with two attached hydrogens (primary N) is 1. The summed E-state index contributed by atoms with van der Waals surface area (Å²) in [5, 5.41) is 3.71. The van der Waals surface area contributed by atoms with Crippen LogP contribution in [0.3, 0.4) is 0 Å². The minimum Gasteiger partial charge on any atom is -0.455 e. The molecule has 144 valence electrons. The Morgan fingerprint density at radius 2 is 2.04 bits per heavy atom. The third-order valence-electron chi connectivity index (χ3n) is 5.88. The second kappa shape index (κ2) is 7.30. The molecular weight excluding hydrogens is 416 g/mol. The first-order valence-corrected chi connectivity index (χ1v) is 10.6. The summed E-state index contributed by atoms with van der Waals surface area (Å²) < 4.78 is 13.1. The summed E-state index contributed by atoms with van der Waals surface area (Å²) in [6.07, 6.45) is 7.94. The van der Waals surface area contributed by atoms with Crippen LogP contribution >= 0.6 is 15.9 Å². The molecule has 0 aromatic heterocycles. The Bertz CT molecular complexity index is 955. The minimum absolute atomic E-state index is 0.0975. The fraction of sp³-hybridized carbons (Fsp3) is 0.304. The molecule has 0 radical (unpaired) electrons. The Balaban J connectivity index is 1.41. The van der Waals surface area contributed by atoms with E-state index in [2.05, 4.69) is 51.6 Å². The monoisotopic (exact) mass is 438 g/mol. The van der Waals surface area contributed by atoms with Gasteiger partial charge in [-0.1, -0.05) is 58.4 Å². The van der Waals surface area contributed by atoms with Crippen LogP contribution in [-0.4, -0.2) is 12.6 Å². The third kappa shape index (κ3) is 3.03. The molecule has 5 rings (SSSR count). The summed E-state index contributed by atoms with van der Waals surface area (Å²) in [5.74, 6) is 1.69. The Morgan fingerprint density at radius 1 is 1.14 bits per heavy atom. The molecule has 0 spiro atoms. The molecular formula is C23H23BrN2O2. The molecule has 2 heterocycles. The van der Waals surface area contributed by atoms with E-state index in [1.807, 2.05) is 24.3 Å². The predicted octanol–water partition coefficient (Wildman–Crippen LogP) is 4.99. The van der Waals surface area contributed by atoms with Gasteiger partial charge < -0.3 is 20.5 Å². The highest BCUT2D eigenvalue weighted by Gasteiger charge is 2.42. The van der Waals surface area contributed by atoms with Gasteiger partial charge in [0.05, 0.1) is 6.04 Å². The zero-order valence-electron chi connectivity index (χ0n) is 15.5. The van der Waals surface area contributed by atoms with Crippen LogP contribution in [0.1, 0.15) is 35.3 Å². The van der Waals surface area contributed by atoms with Gasteiger partial charge in [-0.3, -0.25) is 0 Å². The highest BCUT2D eigenvalue weighted by Crippen LogP contribution is 2.48. The maximum Gasteiger partial charge on any atom is 0.267 e. The van der Waals surface area contributed by atoms with Gasteiger partial charge in [0.1, 0.15) is 6.26 Å². The van der Waals surface area contributed by atoms with Crippen LogP contribution in [-0.2, 0) is 15.9 Å². The smallest absolute Gasteiger partial charge is 0.267 e. The lowest BCUT2D eigenvalue weighted by molar-refractivity contribution is -0.0385. The number of hydrogen-bond donors (Lipinski definition) is 2. The van der Waals surface area contributed by atoms with E-state index in [1.54, 1.807) is 6.26 Å². The summed E-state index contributed by atoms with van der Waals surface area (Å²) in [7, 11) is 0. The number of benzene rings is 2. The first-order valence-electron chi connectivity index (χ1n) is 9.77. The normalized spacial score (nSPS) is 27.3. The SMILES string of the molecule is NCCc1ccc2c(c1)C1C=CCC1C(C1=COC(c3ccccc3Br)O1)N2. The maximum atomic E-state index is 6.26. The summed E-state index contributed by atoms with van der Waals surface area (Å²) in [6, 6.07) is 14.8. The van der Waals surface area contributed by atoms with Crippen molar-refractivity contribution in [3.05, 3.63) is 87.8 Å².